The van der Waals surface area contributed by atoms with Crippen molar-refractivity contribution in [2.75, 3.05) is 0 Å². The van der Waals surface area contributed by atoms with Crippen LogP contribution >= 0.6 is 12.4 Å². The van der Waals surface area contributed by atoms with Crippen molar-refractivity contribution in [3.8, 4) is 0 Å². The molecule has 0 saturated heterocycles. The normalized spacial score (nSPS) is 8.82. The molecular formula is C7H11ClN2O. The molecule has 3 nitrogen and oxygen atoms in total. The zero-order valence-corrected chi connectivity index (χ0v) is 7.17. The zero-order valence-electron chi connectivity index (χ0n) is 6.36. The molecule has 0 N–H and O–H groups in total. The van der Waals surface area contributed by atoms with Crippen molar-refractivity contribution in [1.29, 1.82) is 0 Å². The summed E-state index contributed by atoms with van der Waals surface area (Å²) in [6.45, 7) is 2.32. The minimum absolute atomic E-state index is 0. The van der Waals surface area contributed by atoms with Crippen molar-refractivity contribution in [2.45, 2.75) is 19.9 Å². The third kappa shape index (κ3) is 3.18. The first kappa shape index (κ1) is 10.2. The van der Waals surface area contributed by atoms with E-state index in [-0.39, 0.29) is 18.2 Å². The van der Waals surface area contributed by atoms with E-state index < -0.39 is 0 Å². The molecular weight excluding hydrogens is 164 g/mol. The van der Waals surface area contributed by atoms with Crippen LogP contribution in [0.15, 0.2) is 18.7 Å². The number of carbonyl (C=O) groups is 1. The standard InChI is InChI=1S/C7H10N2O.ClH/c1-2-7(10)5-9-4-3-8-6-9;/h3-4,6H,2,5H2,1H3;1H. The third-order valence-corrected chi connectivity index (χ3v) is 1.31. The Morgan fingerprint density at radius 1 is 1.64 bits per heavy atom. The van der Waals surface area contributed by atoms with E-state index in [0.29, 0.717) is 13.0 Å². The Labute approximate surface area is 71.8 Å². The van der Waals surface area contributed by atoms with Gasteiger partial charge in [0.15, 0.2) is 5.78 Å². The Morgan fingerprint density at radius 2 is 2.36 bits per heavy atom. The number of hydrogen-bond donors (Lipinski definition) is 0. The minimum Gasteiger partial charge on any atom is -0.330 e. The van der Waals surface area contributed by atoms with Crippen LogP contribution < -0.4 is 0 Å². The Morgan fingerprint density at radius 3 is 2.82 bits per heavy atom. The van der Waals surface area contributed by atoms with Crippen LogP contribution in [0, 0.1) is 0 Å². The van der Waals surface area contributed by atoms with Crippen molar-refractivity contribution >= 4 is 18.2 Å². The van der Waals surface area contributed by atoms with Crippen molar-refractivity contribution in [1.82, 2.24) is 9.55 Å². The summed E-state index contributed by atoms with van der Waals surface area (Å²) < 4.78 is 1.77. The van der Waals surface area contributed by atoms with E-state index in [2.05, 4.69) is 4.98 Å². The molecule has 1 rings (SSSR count). The van der Waals surface area contributed by atoms with Crippen LogP contribution in [0.3, 0.4) is 0 Å². The van der Waals surface area contributed by atoms with Gasteiger partial charge < -0.3 is 4.57 Å². The van der Waals surface area contributed by atoms with E-state index >= 15 is 0 Å². The number of Topliss-reactive ketones (excluding diaryl/α,β-unsaturated/α-hetero) is 1. The molecule has 0 fully saturated rings. The first-order valence-electron chi connectivity index (χ1n) is 3.30. The van der Waals surface area contributed by atoms with Gasteiger partial charge in [-0.05, 0) is 0 Å². The fourth-order valence-corrected chi connectivity index (χ4v) is 0.696. The van der Waals surface area contributed by atoms with Crippen molar-refractivity contribution in [2.24, 2.45) is 0 Å². The maximum Gasteiger partial charge on any atom is 0.152 e. The summed E-state index contributed by atoms with van der Waals surface area (Å²) in [5, 5.41) is 0. The predicted octanol–water partition coefficient (Wildman–Crippen LogP) is 1.28. The molecule has 1 aromatic rings. The van der Waals surface area contributed by atoms with E-state index in [9.17, 15) is 4.79 Å². The molecule has 1 aromatic heterocycles. The zero-order chi connectivity index (χ0) is 7.40. The van der Waals surface area contributed by atoms with Gasteiger partial charge in [-0.15, -0.1) is 12.4 Å². The van der Waals surface area contributed by atoms with E-state index in [1.54, 1.807) is 23.3 Å². The van der Waals surface area contributed by atoms with Gasteiger partial charge in [-0.2, -0.15) is 0 Å². The van der Waals surface area contributed by atoms with Crippen LogP contribution in [0.1, 0.15) is 13.3 Å². The molecule has 1 heterocycles. The Kier molecular flexibility index (Phi) is 4.54. The first-order chi connectivity index (χ1) is 4.83. The van der Waals surface area contributed by atoms with Crippen LogP contribution in [-0.4, -0.2) is 15.3 Å². The molecule has 0 amide bonds. The summed E-state index contributed by atoms with van der Waals surface area (Å²) in [7, 11) is 0. The average molecular weight is 175 g/mol. The molecule has 4 heteroatoms. The van der Waals surface area contributed by atoms with Crippen LogP contribution in [0.4, 0.5) is 0 Å². The van der Waals surface area contributed by atoms with Crippen LogP contribution in [0.5, 0.6) is 0 Å². The molecule has 0 radical (unpaired) electrons. The summed E-state index contributed by atoms with van der Waals surface area (Å²) in [6, 6.07) is 0. The smallest absolute Gasteiger partial charge is 0.152 e. The fourth-order valence-electron chi connectivity index (χ4n) is 0.696. The molecule has 62 valence electrons. The summed E-state index contributed by atoms with van der Waals surface area (Å²) in [6.07, 6.45) is 5.70. The van der Waals surface area contributed by atoms with Crippen LogP contribution in [0.2, 0.25) is 0 Å². The molecule has 0 spiro atoms. The highest BCUT2D eigenvalue weighted by atomic mass is 35.5. The highest BCUT2D eigenvalue weighted by Crippen LogP contribution is 1.89. The lowest BCUT2D eigenvalue weighted by molar-refractivity contribution is -0.119. The Balaban J connectivity index is 0.000001000. The molecule has 0 bridgehead atoms. The number of imidazole rings is 1. The second kappa shape index (κ2) is 4.91. The number of hydrogen-bond acceptors (Lipinski definition) is 2. The number of rotatable bonds is 3. The quantitative estimate of drug-likeness (QED) is 0.692. The van der Waals surface area contributed by atoms with Crippen molar-refractivity contribution < 1.29 is 4.79 Å². The SMILES string of the molecule is CCC(=O)Cn1ccnc1.Cl. The molecule has 0 unspecified atom stereocenters. The molecule has 0 aliphatic rings. The second-order valence-electron chi connectivity index (χ2n) is 2.13. The van der Waals surface area contributed by atoms with Crippen LogP contribution in [0.25, 0.3) is 0 Å². The van der Waals surface area contributed by atoms with Gasteiger partial charge in [0, 0.05) is 18.8 Å². The fraction of sp³-hybridized carbons (Fsp3) is 0.429. The lowest BCUT2D eigenvalue weighted by Crippen LogP contribution is -2.06. The number of ketones is 1. The van der Waals surface area contributed by atoms with Gasteiger partial charge in [0.1, 0.15) is 0 Å². The monoisotopic (exact) mass is 174 g/mol. The number of carbonyl (C=O) groups excluding carboxylic acids is 1. The number of aromatic nitrogens is 2. The highest BCUT2D eigenvalue weighted by molar-refractivity contribution is 5.85. The molecule has 0 atom stereocenters. The molecule has 11 heavy (non-hydrogen) atoms. The maximum absolute atomic E-state index is 10.8. The molecule has 0 aliphatic carbocycles. The van der Waals surface area contributed by atoms with E-state index in [1.165, 1.54) is 0 Å². The van der Waals surface area contributed by atoms with E-state index in [4.69, 9.17) is 0 Å². The lowest BCUT2D eigenvalue weighted by Gasteiger charge is -1.96. The van der Waals surface area contributed by atoms with Gasteiger partial charge in [0.2, 0.25) is 0 Å². The number of halogens is 1. The van der Waals surface area contributed by atoms with E-state index in [0.717, 1.165) is 0 Å². The lowest BCUT2D eigenvalue weighted by atomic mass is 10.3. The third-order valence-electron chi connectivity index (χ3n) is 1.31. The van der Waals surface area contributed by atoms with E-state index in [1.807, 2.05) is 6.92 Å². The van der Waals surface area contributed by atoms with Gasteiger partial charge in [-0.3, -0.25) is 4.79 Å². The maximum atomic E-state index is 10.8. The van der Waals surface area contributed by atoms with Crippen molar-refractivity contribution in [3.05, 3.63) is 18.7 Å². The summed E-state index contributed by atoms with van der Waals surface area (Å²) in [5.74, 6) is 0.234. The average Bonchev–Trinajstić information content (AvgIpc) is 2.40. The van der Waals surface area contributed by atoms with Gasteiger partial charge in [0.05, 0.1) is 12.9 Å². The second-order valence-corrected chi connectivity index (χ2v) is 2.13. The highest BCUT2D eigenvalue weighted by Gasteiger charge is 1.96. The van der Waals surface area contributed by atoms with Gasteiger partial charge in [-0.25, -0.2) is 4.98 Å². The summed E-state index contributed by atoms with van der Waals surface area (Å²) in [5.41, 5.74) is 0. The van der Waals surface area contributed by atoms with Gasteiger partial charge in [0.25, 0.3) is 0 Å². The Bertz CT molecular complexity index is 208. The molecule has 0 saturated carbocycles. The summed E-state index contributed by atoms with van der Waals surface area (Å²) in [4.78, 5) is 14.7. The topological polar surface area (TPSA) is 34.9 Å². The Hall–Kier alpha value is -0.830. The minimum atomic E-state index is 0. The molecule has 0 aromatic carbocycles. The van der Waals surface area contributed by atoms with Crippen molar-refractivity contribution in [3.63, 3.8) is 0 Å². The van der Waals surface area contributed by atoms with Gasteiger partial charge >= 0.3 is 0 Å². The first-order valence-corrected chi connectivity index (χ1v) is 3.30. The predicted molar refractivity (Wildman–Crippen MR) is 44.8 cm³/mol. The summed E-state index contributed by atoms with van der Waals surface area (Å²) >= 11 is 0. The largest absolute Gasteiger partial charge is 0.330 e. The molecule has 0 aliphatic heterocycles. The van der Waals surface area contributed by atoms with Gasteiger partial charge in [-0.1, -0.05) is 6.92 Å². The number of nitrogens with zero attached hydrogens (tertiary/aromatic N) is 2. The van der Waals surface area contributed by atoms with Crippen LogP contribution in [-0.2, 0) is 11.3 Å².